The van der Waals surface area contributed by atoms with Gasteiger partial charge >= 0.3 is 5.97 Å². The number of aromatic nitrogens is 2. The Morgan fingerprint density at radius 2 is 1.91 bits per heavy atom. The lowest BCUT2D eigenvalue weighted by Crippen LogP contribution is -2.46. The third kappa shape index (κ3) is 4.87. The summed E-state index contributed by atoms with van der Waals surface area (Å²) in [4.78, 5) is 42.9. The molecule has 3 atom stereocenters. The highest BCUT2D eigenvalue weighted by Crippen LogP contribution is 2.24. The maximum atomic E-state index is 13.0. The monoisotopic (exact) mass is 439 g/mol. The third-order valence-electron chi connectivity index (χ3n) is 6.89. The zero-order valence-corrected chi connectivity index (χ0v) is 19.1. The number of nitrogens with zero attached hydrogens (tertiary/aromatic N) is 2. The van der Waals surface area contributed by atoms with Crippen LogP contribution in [0.4, 0.5) is 0 Å². The van der Waals surface area contributed by atoms with Gasteiger partial charge in [0.15, 0.2) is 6.10 Å². The molecular weight excluding hydrogens is 406 g/mol. The molecule has 1 N–H and O–H groups in total. The molecule has 1 aliphatic heterocycles. The number of ether oxygens (including phenoxy) is 1. The lowest BCUT2D eigenvalue weighted by molar-refractivity contribution is -0.130. The van der Waals surface area contributed by atoms with Crippen LogP contribution in [0, 0.1) is 5.92 Å². The van der Waals surface area contributed by atoms with Gasteiger partial charge in [-0.1, -0.05) is 32.6 Å². The Bertz CT molecular complexity index is 1060. The molecule has 7 heteroatoms. The number of carbonyl (C=O) groups excluding carboxylic acids is 2. The SMILES string of the molecule is CC(OC(=O)c1ccc2c(=O)n3c(nc2c1)CCCCCC3)C(=O)NC1CCCCC1C. The Morgan fingerprint density at radius 3 is 2.72 bits per heavy atom. The molecule has 2 heterocycles. The quantitative estimate of drug-likeness (QED) is 0.733. The van der Waals surface area contributed by atoms with Crippen molar-refractivity contribution in [2.75, 3.05) is 0 Å². The molecule has 0 spiro atoms. The van der Waals surface area contributed by atoms with Gasteiger partial charge in [-0.25, -0.2) is 9.78 Å². The zero-order valence-electron chi connectivity index (χ0n) is 19.1. The largest absolute Gasteiger partial charge is 0.449 e. The first kappa shape index (κ1) is 22.5. The smallest absolute Gasteiger partial charge is 0.338 e. The van der Waals surface area contributed by atoms with Crippen molar-refractivity contribution in [3.8, 4) is 0 Å². The number of rotatable bonds is 4. The summed E-state index contributed by atoms with van der Waals surface area (Å²) in [5, 5.41) is 3.54. The highest BCUT2D eigenvalue weighted by atomic mass is 16.5. The molecule has 1 aromatic heterocycles. The van der Waals surface area contributed by atoms with Crippen LogP contribution in [0.2, 0.25) is 0 Å². The van der Waals surface area contributed by atoms with Gasteiger partial charge in [0, 0.05) is 19.0 Å². The first-order valence-corrected chi connectivity index (χ1v) is 12.0. The van der Waals surface area contributed by atoms with Gasteiger partial charge in [0.25, 0.3) is 11.5 Å². The summed E-state index contributed by atoms with van der Waals surface area (Å²) in [5.74, 6) is 0.360. The minimum absolute atomic E-state index is 0.0545. The van der Waals surface area contributed by atoms with E-state index < -0.39 is 12.1 Å². The summed E-state index contributed by atoms with van der Waals surface area (Å²) >= 11 is 0. The van der Waals surface area contributed by atoms with Crippen LogP contribution in [0.25, 0.3) is 10.9 Å². The maximum absolute atomic E-state index is 13.0. The first-order valence-electron chi connectivity index (χ1n) is 12.0. The average Bonchev–Trinajstić information content (AvgIpc) is 2.76. The van der Waals surface area contributed by atoms with Crippen LogP contribution in [0.3, 0.4) is 0 Å². The fourth-order valence-electron chi connectivity index (χ4n) is 4.83. The van der Waals surface area contributed by atoms with Gasteiger partial charge in [-0.2, -0.15) is 0 Å². The number of amides is 1. The average molecular weight is 440 g/mol. The predicted molar refractivity (Wildman–Crippen MR) is 123 cm³/mol. The van der Waals surface area contributed by atoms with Crippen LogP contribution in [0.5, 0.6) is 0 Å². The third-order valence-corrected chi connectivity index (χ3v) is 6.89. The molecule has 0 radical (unpaired) electrons. The van der Waals surface area contributed by atoms with Gasteiger partial charge in [-0.3, -0.25) is 14.2 Å². The highest BCUT2D eigenvalue weighted by Gasteiger charge is 2.26. The minimum Gasteiger partial charge on any atom is -0.449 e. The van der Waals surface area contributed by atoms with E-state index in [1.165, 1.54) is 6.42 Å². The molecule has 4 rings (SSSR count). The lowest BCUT2D eigenvalue weighted by Gasteiger charge is -2.30. The van der Waals surface area contributed by atoms with Crippen LogP contribution in [-0.2, 0) is 22.5 Å². The number of nitrogens with one attached hydrogen (secondary N) is 1. The van der Waals surface area contributed by atoms with Crippen LogP contribution in [-0.4, -0.2) is 33.6 Å². The van der Waals surface area contributed by atoms with E-state index in [0.717, 1.165) is 57.2 Å². The van der Waals surface area contributed by atoms with Crippen LogP contribution >= 0.6 is 0 Å². The molecule has 3 unspecified atom stereocenters. The van der Waals surface area contributed by atoms with Gasteiger partial charge in [-0.05, 0) is 56.7 Å². The van der Waals surface area contributed by atoms with E-state index in [0.29, 0.717) is 28.9 Å². The molecule has 0 bridgehead atoms. The molecule has 32 heavy (non-hydrogen) atoms. The minimum atomic E-state index is -0.887. The zero-order chi connectivity index (χ0) is 22.7. The van der Waals surface area contributed by atoms with Crippen molar-refractivity contribution in [3.63, 3.8) is 0 Å². The van der Waals surface area contributed by atoms with E-state index in [9.17, 15) is 14.4 Å². The highest BCUT2D eigenvalue weighted by molar-refractivity contribution is 5.95. The topological polar surface area (TPSA) is 90.3 Å². The van der Waals surface area contributed by atoms with Gasteiger partial charge in [0.1, 0.15) is 5.82 Å². The molecule has 1 saturated carbocycles. The summed E-state index contributed by atoms with van der Waals surface area (Å²) in [7, 11) is 0. The van der Waals surface area contributed by atoms with E-state index in [2.05, 4.69) is 12.2 Å². The molecule has 2 aliphatic rings. The Hall–Kier alpha value is -2.70. The summed E-state index contributed by atoms with van der Waals surface area (Å²) in [5.41, 5.74) is 0.747. The van der Waals surface area contributed by atoms with E-state index in [1.807, 2.05) is 0 Å². The van der Waals surface area contributed by atoms with Crippen LogP contribution in [0.15, 0.2) is 23.0 Å². The number of hydrogen-bond acceptors (Lipinski definition) is 5. The second-order valence-corrected chi connectivity index (χ2v) is 9.31. The summed E-state index contributed by atoms with van der Waals surface area (Å²) in [6.07, 6.45) is 8.49. The van der Waals surface area contributed by atoms with Gasteiger partial charge in [-0.15, -0.1) is 0 Å². The van der Waals surface area contributed by atoms with E-state index in [4.69, 9.17) is 9.72 Å². The fraction of sp³-hybridized carbons (Fsp3) is 0.600. The van der Waals surface area contributed by atoms with E-state index in [1.54, 1.807) is 29.7 Å². The van der Waals surface area contributed by atoms with Crippen LogP contribution < -0.4 is 10.9 Å². The number of carbonyl (C=O) groups is 2. The number of hydrogen-bond donors (Lipinski definition) is 1. The number of aryl methyl sites for hydroxylation is 1. The van der Waals surface area contributed by atoms with Crippen molar-refractivity contribution in [2.45, 2.75) is 90.3 Å². The van der Waals surface area contributed by atoms with Crippen molar-refractivity contribution < 1.29 is 14.3 Å². The Morgan fingerprint density at radius 1 is 1.12 bits per heavy atom. The lowest BCUT2D eigenvalue weighted by atomic mass is 9.86. The summed E-state index contributed by atoms with van der Waals surface area (Å²) in [6, 6.07) is 4.96. The Balaban J connectivity index is 1.49. The first-order chi connectivity index (χ1) is 15.4. The molecular formula is C25H33N3O4. The Kier molecular flexibility index (Phi) is 6.92. The summed E-state index contributed by atoms with van der Waals surface area (Å²) < 4.78 is 7.22. The molecule has 1 aliphatic carbocycles. The fourth-order valence-corrected chi connectivity index (χ4v) is 4.83. The second kappa shape index (κ2) is 9.84. The standard InChI is InChI=1S/C25H33N3O4/c1-16-9-6-7-10-20(16)27-23(29)17(2)32-25(31)18-12-13-19-21(15-18)26-22-11-5-3-4-8-14-28(22)24(19)30/h12-13,15-17,20H,3-11,14H2,1-2H3,(H,27,29). The summed E-state index contributed by atoms with van der Waals surface area (Å²) in [6.45, 7) is 4.43. The van der Waals surface area contributed by atoms with Crippen molar-refractivity contribution >= 4 is 22.8 Å². The molecule has 2 aromatic rings. The molecule has 1 amide bonds. The van der Waals surface area contributed by atoms with Crippen molar-refractivity contribution in [1.82, 2.24) is 14.9 Å². The normalized spacial score (nSPS) is 22.3. The van der Waals surface area contributed by atoms with Crippen molar-refractivity contribution in [3.05, 3.63) is 39.9 Å². The van der Waals surface area contributed by atoms with Crippen molar-refractivity contribution in [1.29, 1.82) is 0 Å². The number of fused-ring (bicyclic) bond motifs is 2. The molecule has 1 fully saturated rings. The van der Waals surface area contributed by atoms with E-state index in [-0.39, 0.29) is 17.5 Å². The van der Waals surface area contributed by atoms with Gasteiger partial charge in [0.05, 0.1) is 16.5 Å². The predicted octanol–water partition coefficient (Wildman–Crippen LogP) is 3.75. The van der Waals surface area contributed by atoms with Gasteiger partial charge in [0.2, 0.25) is 0 Å². The van der Waals surface area contributed by atoms with Crippen LogP contribution in [0.1, 0.15) is 81.4 Å². The van der Waals surface area contributed by atoms with Gasteiger partial charge < -0.3 is 10.1 Å². The molecule has 0 saturated heterocycles. The van der Waals surface area contributed by atoms with Crippen molar-refractivity contribution in [2.24, 2.45) is 5.92 Å². The molecule has 1 aromatic carbocycles. The number of esters is 1. The Labute approximate surface area is 188 Å². The molecule has 7 nitrogen and oxygen atoms in total. The van der Waals surface area contributed by atoms with E-state index >= 15 is 0 Å². The second-order valence-electron chi connectivity index (χ2n) is 9.31. The molecule has 172 valence electrons. The number of benzene rings is 1. The maximum Gasteiger partial charge on any atom is 0.338 e.